The summed E-state index contributed by atoms with van der Waals surface area (Å²) in [6.45, 7) is 4.17. The number of carbonyl (C=O) groups is 2. The van der Waals surface area contributed by atoms with Crippen LogP contribution >= 0.6 is 0 Å². The van der Waals surface area contributed by atoms with E-state index in [-0.39, 0.29) is 24.5 Å². The Morgan fingerprint density at radius 1 is 1.20 bits per heavy atom. The summed E-state index contributed by atoms with van der Waals surface area (Å²) in [6.07, 6.45) is 7.80. The van der Waals surface area contributed by atoms with E-state index in [2.05, 4.69) is 17.6 Å². The normalized spacial score (nSPS) is 17.3. The molecule has 0 aromatic rings. The fraction of sp³-hybridized carbons (Fsp3) is 0.867. The summed E-state index contributed by atoms with van der Waals surface area (Å²) in [5, 5.41) is 14.6. The molecule has 1 aliphatic carbocycles. The predicted octanol–water partition coefficient (Wildman–Crippen LogP) is 2.90. The van der Waals surface area contributed by atoms with Crippen molar-refractivity contribution in [3.63, 3.8) is 0 Å². The third-order valence-electron chi connectivity index (χ3n) is 3.77. The Morgan fingerprint density at radius 3 is 2.45 bits per heavy atom. The van der Waals surface area contributed by atoms with Gasteiger partial charge in [-0.3, -0.25) is 4.79 Å². The standard InChI is InChI=1S/C15H28N2O3/c1-3-4-5-6-7-11(2)16-15(20)17-13(10-14(18)19)12-8-9-12/h11-13H,3-10H2,1-2H3,(H,18,19)(H2,16,17,20). The van der Waals surface area contributed by atoms with E-state index in [0.717, 1.165) is 25.7 Å². The van der Waals surface area contributed by atoms with Crippen molar-refractivity contribution in [3.05, 3.63) is 0 Å². The molecule has 1 saturated carbocycles. The lowest BCUT2D eigenvalue weighted by molar-refractivity contribution is -0.137. The topological polar surface area (TPSA) is 78.4 Å². The molecular formula is C15H28N2O3. The number of carboxylic acids is 1. The average molecular weight is 284 g/mol. The van der Waals surface area contributed by atoms with Gasteiger partial charge < -0.3 is 15.7 Å². The lowest BCUT2D eigenvalue weighted by atomic mass is 10.1. The first kappa shape index (κ1) is 16.8. The second-order valence-electron chi connectivity index (χ2n) is 5.91. The molecular weight excluding hydrogens is 256 g/mol. The van der Waals surface area contributed by atoms with Gasteiger partial charge in [-0.2, -0.15) is 0 Å². The van der Waals surface area contributed by atoms with Crippen molar-refractivity contribution in [2.24, 2.45) is 5.92 Å². The maximum absolute atomic E-state index is 11.9. The maximum atomic E-state index is 11.9. The predicted molar refractivity (Wildman–Crippen MR) is 78.7 cm³/mol. The SMILES string of the molecule is CCCCCCC(C)NC(=O)NC(CC(=O)O)C1CC1. The molecule has 0 bridgehead atoms. The van der Waals surface area contributed by atoms with Gasteiger partial charge in [0.2, 0.25) is 0 Å². The molecule has 5 heteroatoms. The highest BCUT2D eigenvalue weighted by molar-refractivity contribution is 5.76. The fourth-order valence-corrected chi connectivity index (χ4v) is 2.41. The molecule has 0 radical (unpaired) electrons. The lowest BCUT2D eigenvalue weighted by Crippen LogP contribution is -2.46. The number of urea groups is 1. The molecule has 0 aromatic carbocycles. The summed E-state index contributed by atoms with van der Waals surface area (Å²) >= 11 is 0. The summed E-state index contributed by atoms with van der Waals surface area (Å²) in [5.74, 6) is -0.508. The summed E-state index contributed by atoms with van der Waals surface area (Å²) in [6, 6.07) is -0.317. The summed E-state index contributed by atoms with van der Waals surface area (Å²) < 4.78 is 0. The zero-order valence-corrected chi connectivity index (χ0v) is 12.7. The van der Waals surface area contributed by atoms with E-state index in [1.807, 2.05) is 6.92 Å². The Labute approximate surface area is 121 Å². The molecule has 0 aliphatic heterocycles. The highest BCUT2D eigenvalue weighted by Crippen LogP contribution is 2.33. The summed E-state index contributed by atoms with van der Waals surface area (Å²) in [4.78, 5) is 22.6. The van der Waals surface area contributed by atoms with Gasteiger partial charge in [0.15, 0.2) is 0 Å². The number of carbonyl (C=O) groups excluding carboxylic acids is 1. The number of carboxylic acid groups (broad SMARTS) is 1. The van der Waals surface area contributed by atoms with Crippen LogP contribution in [0.4, 0.5) is 4.79 Å². The molecule has 2 unspecified atom stereocenters. The van der Waals surface area contributed by atoms with Crippen LogP contribution in [0.25, 0.3) is 0 Å². The fourth-order valence-electron chi connectivity index (χ4n) is 2.41. The molecule has 1 aliphatic rings. The number of aliphatic carboxylic acids is 1. The van der Waals surface area contributed by atoms with Gasteiger partial charge in [0, 0.05) is 12.1 Å². The van der Waals surface area contributed by atoms with E-state index >= 15 is 0 Å². The number of nitrogens with one attached hydrogen (secondary N) is 2. The molecule has 0 aromatic heterocycles. The van der Waals surface area contributed by atoms with Gasteiger partial charge in [-0.15, -0.1) is 0 Å². The van der Waals surface area contributed by atoms with Gasteiger partial charge in [0.25, 0.3) is 0 Å². The summed E-state index contributed by atoms with van der Waals surface area (Å²) in [7, 11) is 0. The maximum Gasteiger partial charge on any atom is 0.315 e. The minimum absolute atomic E-state index is 0.0168. The number of unbranched alkanes of at least 4 members (excludes halogenated alkanes) is 3. The minimum atomic E-state index is -0.852. The third kappa shape index (κ3) is 7.36. The van der Waals surface area contributed by atoms with Gasteiger partial charge in [-0.25, -0.2) is 4.79 Å². The van der Waals surface area contributed by atoms with Crippen LogP contribution in [0, 0.1) is 5.92 Å². The average Bonchev–Trinajstić information content (AvgIpc) is 3.17. The molecule has 2 atom stereocenters. The van der Waals surface area contributed by atoms with Gasteiger partial charge in [-0.05, 0) is 32.1 Å². The molecule has 5 nitrogen and oxygen atoms in total. The Kier molecular flexibility index (Phi) is 7.41. The largest absolute Gasteiger partial charge is 0.481 e. The Hall–Kier alpha value is -1.26. The second kappa shape index (κ2) is 8.82. The first-order valence-corrected chi connectivity index (χ1v) is 7.81. The van der Waals surface area contributed by atoms with Crippen LogP contribution < -0.4 is 10.6 Å². The van der Waals surface area contributed by atoms with E-state index in [1.165, 1.54) is 19.3 Å². The molecule has 20 heavy (non-hydrogen) atoms. The van der Waals surface area contributed by atoms with E-state index in [0.29, 0.717) is 5.92 Å². The van der Waals surface area contributed by atoms with Crippen molar-refractivity contribution in [3.8, 4) is 0 Å². The Morgan fingerprint density at radius 2 is 1.90 bits per heavy atom. The lowest BCUT2D eigenvalue weighted by Gasteiger charge is -2.19. The Bertz CT molecular complexity index is 316. The van der Waals surface area contributed by atoms with Gasteiger partial charge >= 0.3 is 12.0 Å². The van der Waals surface area contributed by atoms with Crippen molar-refractivity contribution in [1.82, 2.24) is 10.6 Å². The van der Waals surface area contributed by atoms with E-state index < -0.39 is 5.97 Å². The number of hydrogen-bond acceptors (Lipinski definition) is 2. The number of hydrogen-bond donors (Lipinski definition) is 3. The van der Waals surface area contributed by atoms with E-state index in [1.54, 1.807) is 0 Å². The van der Waals surface area contributed by atoms with Crippen LogP contribution in [-0.2, 0) is 4.79 Å². The third-order valence-corrected chi connectivity index (χ3v) is 3.77. The van der Waals surface area contributed by atoms with Crippen molar-refractivity contribution in [1.29, 1.82) is 0 Å². The summed E-state index contributed by atoms with van der Waals surface area (Å²) in [5.41, 5.74) is 0. The monoisotopic (exact) mass is 284 g/mol. The molecule has 0 saturated heterocycles. The Balaban J connectivity index is 2.21. The van der Waals surface area contributed by atoms with Crippen LogP contribution in [0.2, 0.25) is 0 Å². The molecule has 1 rings (SSSR count). The van der Waals surface area contributed by atoms with Crippen LogP contribution in [0.5, 0.6) is 0 Å². The van der Waals surface area contributed by atoms with Crippen LogP contribution in [0.1, 0.15) is 65.2 Å². The number of rotatable bonds is 10. The number of amides is 2. The smallest absolute Gasteiger partial charge is 0.315 e. The molecule has 1 fully saturated rings. The van der Waals surface area contributed by atoms with Gasteiger partial charge in [0.05, 0.1) is 6.42 Å². The quantitative estimate of drug-likeness (QED) is 0.540. The van der Waals surface area contributed by atoms with Crippen molar-refractivity contribution >= 4 is 12.0 Å². The highest BCUT2D eigenvalue weighted by Gasteiger charge is 2.33. The van der Waals surface area contributed by atoms with Crippen LogP contribution in [0.15, 0.2) is 0 Å². The molecule has 116 valence electrons. The van der Waals surface area contributed by atoms with Gasteiger partial charge in [0.1, 0.15) is 0 Å². The van der Waals surface area contributed by atoms with E-state index in [9.17, 15) is 9.59 Å². The minimum Gasteiger partial charge on any atom is -0.481 e. The first-order valence-electron chi connectivity index (χ1n) is 7.81. The molecule has 2 amide bonds. The molecule has 0 spiro atoms. The zero-order chi connectivity index (χ0) is 15.0. The zero-order valence-electron chi connectivity index (χ0n) is 12.7. The highest BCUT2D eigenvalue weighted by atomic mass is 16.4. The van der Waals surface area contributed by atoms with Crippen LogP contribution in [-0.4, -0.2) is 29.2 Å². The van der Waals surface area contributed by atoms with Crippen molar-refractivity contribution in [2.45, 2.75) is 77.3 Å². The van der Waals surface area contributed by atoms with E-state index in [4.69, 9.17) is 5.11 Å². The van der Waals surface area contributed by atoms with Gasteiger partial charge in [-0.1, -0.05) is 32.6 Å². The molecule has 3 N–H and O–H groups in total. The first-order chi connectivity index (χ1) is 9.52. The van der Waals surface area contributed by atoms with Crippen LogP contribution in [0.3, 0.4) is 0 Å². The van der Waals surface area contributed by atoms with Crippen molar-refractivity contribution < 1.29 is 14.7 Å². The second-order valence-corrected chi connectivity index (χ2v) is 5.91. The molecule has 0 heterocycles. The van der Waals surface area contributed by atoms with Crippen molar-refractivity contribution in [2.75, 3.05) is 0 Å².